The van der Waals surface area contributed by atoms with Gasteiger partial charge in [-0.1, -0.05) is 19.3 Å². The highest BCUT2D eigenvalue weighted by molar-refractivity contribution is 8.32. The molecule has 1 aliphatic rings. The van der Waals surface area contributed by atoms with Gasteiger partial charge in [-0.15, -0.1) is 0 Å². The zero-order chi connectivity index (χ0) is 8.32. The highest BCUT2D eigenvalue weighted by Gasteiger charge is 2.17. The molecule has 0 nitrogen and oxygen atoms in total. The molecule has 0 aromatic rings. The van der Waals surface area contributed by atoms with Gasteiger partial charge in [0.2, 0.25) is 0 Å². The van der Waals surface area contributed by atoms with E-state index >= 15 is 0 Å². The zero-order valence-corrected chi connectivity index (χ0v) is 9.04. The summed E-state index contributed by atoms with van der Waals surface area (Å²) in [6.45, 7) is 0. The minimum absolute atomic E-state index is 0.224. The molecule has 0 amide bonds. The number of hydrogen-bond acceptors (Lipinski definition) is 0. The van der Waals surface area contributed by atoms with Crippen LogP contribution in [-0.2, 0) is 0 Å². The maximum absolute atomic E-state index is 2.45. The van der Waals surface area contributed by atoms with Crippen LogP contribution in [-0.4, -0.2) is 24.5 Å². The first-order valence-corrected chi connectivity index (χ1v) is 7.77. The van der Waals surface area contributed by atoms with Crippen LogP contribution in [0, 0.1) is 5.92 Å². The van der Waals surface area contributed by atoms with E-state index in [-0.39, 0.29) is 10.0 Å². The van der Waals surface area contributed by atoms with Crippen LogP contribution in [0.25, 0.3) is 0 Å². The van der Waals surface area contributed by atoms with E-state index in [1.807, 2.05) is 0 Å². The fourth-order valence-electron chi connectivity index (χ4n) is 2.06. The van der Waals surface area contributed by atoms with Crippen LogP contribution in [0.2, 0.25) is 0 Å². The second-order valence-electron chi connectivity index (χ2n) is 4.76. The molecule has 11 heavy (non-hydrogen) atoms. The smallest absolute Gasteiger partial charge is 0.0207 e. The molecule has 0 spiro atoms. The molecule has 1 heteroatoms. The van der Waals surface area contributed by atoms with Crippen molar-refractivity contribution in [2.75, 3.05) is 24.5 Å². The molecule has 0 aromatic carbocycles. The van der Waals surface area contributed by atoms with Gasteiger partial charge in [0, 0.05) is 0 Å². The van der Waals surface area contributed by atoms with Crippen molar-refractivity contribution in [3.63, 3.8) is 0 Å². The molecular formula is C10H22S. The Bertz CT molecular complexity index is 107. The van der Waals surface area contributed by atoms with Crippen molar-refractivity contribution in [1.29, 1.82) is 0 Å². The van der Waals surface area contributed by atoms with Crippen LogP contribution < -0.4 is 0 Å². The van der Waals surface area contributed by atoms with Crippen molar-refractivity contribution in [2.45, 2.75) is 32.1 Å². The van der Waals surface area contributed by atoms with Crippen LogP contribution in [0.4, 0.5) is 0 Å². The zero-order valence-electron chi connectivity index (χ0n) is 8.23. The van der Waals surface area contributed by atoms with Gasteiger partial charge in [-0.3, -0.25) is 0 Å². The second kappa shape index (κ2) is 3.84. The fourth-order valence-corrected chi connectivity index (χ4v) is 3.81. The summed E-state index contributed by atoms with van der Waals surface area (Å²) >= 11 is 0. The van der Waals surface area contributed by atoms with Gasteiger partial charge >= 0.3 is 0 Å². The lowest BCUT2D eigenvalue weighted by Crippen LogP contribution is -2.14. The minimum Gasteiger partial charge on any atom is -0.249 e. The Morgan fingerprint density at radius 3 is 2.00 bits per heavy atom. The van der Waals surface area contributed by atoms with Gasteiger partial charge in [0.25, 0.3) is 0 Å². The van der Waals surface area contributed by atoms with Crippen LogP contribution in [0.15, 0.2) is 0 Å². The quantitative estimate of drug-likeness (QED) is 0.603. The van der Waals surface area contributed by atoms with Gasteiger partial charge in [0.1, 0.15) is 0 Å². The Morgan fingerprint density at radius 1 is 1.00 bits per heavy atom. The second-order valence-corrected chi connectivity index (χ2v) is 9.28. The molecule has 1 saturated carbocycles. The summed E-state index contributed by atoms with van der Waals surface area (Å²) in [6, 6.07) is 0. The van der Waals surface area contributed by atoms with Crippen LogP contribution >= 0.6 is 10.0 Å². The van der Waals surface area contributed by atoms with Crippen LogP contribution in [0.1, 0.15) is 32.1 Å². The molecule has 0 saturated heterocycles. The third kappa shape index (κ3) is 4.05. The highest BCUT2D eigenvalue weighted by atomic mass is 32.3. The summed E-state index contributed by atoms with van der Waals surface area (Å²) in [4.78, 5) is 0. The average Bonchev–Trinajstić information content (AvgIpc) is 1.85. The lowest BCUT2D eigenvalue weighted by Gasteiger charge is -2.32. The maximum atomic E-state index is 2.45. The predicted molar refractivity (Wildman–Crippen MR) is 56.8 cm³/mol. The van der Waals surface area contributed by atoms with Crippen molar-refractivity contribution >= 4 is 10.0 Å². The fraction of sp³-hybridized carbons (Fsp3) is 1.00. The summed E-state index contributed by atoms with van der Waals surface area (Å²) in [5, 5.41) is 0. The van der Waals surface area contributed by atoms with E-state index in [1.165, 1.54) is 37.9 Å². The van der Waals surface area contributed by atoms with Crippen LogP contribution in [0.3, 0.4) is 0 Å². The van der Waals surface area contributed by atoms with E-state index in [4.69, 9.17) is 0 Å². The molecule has 1 fully saturated rings. The Labute approximate surface area is 73.1 Å². The van der Waals surface area contributed by atoms with E-state index in [0.717, 1.165) is 5.92 Å². The molecule has 0 aromatic heterocycles. The van der Waals surface area contributed by atoms with Crippen molar-refractivity contribution in [1.82, 2.24) is 0 Å². The Hall–Kier alpha value is 0.350. The summed E-state index contributed by atoms with van der Waals surface area (Å²) < 4.78 is 0. The molecular weight excluding hydrogens is 152 g/mol. The van der Waals surface area contributed by atoms with Gasteiger partial charge in [-0.05, 0) is 43.3 Å². The Kier molecular flexibility index (Phi) is 3.29. The van der Waals surface area contributed by atoms with Gasteiger partial charge in [0.15, 0.2) is 0 Å². The Balaban J connectivity index is 2.24. The first-order chi connectivity index (χ1) is 5.08. The third-order valence-corrected chi connectivity index (χ3v) is 3.93. The van der Waals surface area contributed by atoms with Crippen molar-refractivity contribution in [3.05, 3.63) is 0 Å². The Morgan fingerprint density at radius 2 is 1.55 bits per heavy atom. The van der Waals surface area contributed by atoms with E-state index in [2.05, 4.69) is 18.8 Å². The molecule has 0 aliphatic heterocycles. The molecule has 0 heterocycles. The van der Waals surface area contributed by atoms with Crippen molar-refractivity contribution in [3.8, 4) is 0 Å². The average molecular weight is 174 g/mol. The van der Waals surface area contributed by atoms with Gasteiger partial charge in [0.05, 0.1) is 0 Å². The molecule has 0 radical (unpaired) electrons. The van der Waals surface area contributed by atoms with Crippen LogP contribution in [0.5, 0.6) is 0 Å². The first kappa shape index (κ1) is 9.44. The van der Waals surface area contributed by atoms with E-state index in [1.54, 1.807) is 0 Å². The van der Waals surface area contributed by atoms with E-state index < -0.39 is 0 Å². The van der Waals surface area contributed by atoms with E-state index in [9.17, 15) is 0 Å². The first-order valence-electron chi connectivity index (χ1n) is 4.74. The van der Waals surface area contributed by atoms with Gasteiger partial charge in [-0.25, -0.2) is 10.0 Å². The number of rotatable bonds is 2. The lowest BCUT2D eigenvalue weighted by atomic mass is 9.91. The van der Waals surface area contributed by atoms with Crippen molar-refractivity contribution < 1.29 is 0 Å². The SMILES string of the molecule is CS(C)(C)CC1CCCCC1. The maximum Gasteiger partial charge on any atom is -0.0207 e. The van der Waals surface area contributed by atoms with E-state index in [0.29, 0.717) is 0 Å². The standard InChI is InChI=1S/C10H22S/c1-11(2,3)9-10-7-5-4-6-8-10/h10H,4-9H2,1-3H3. The third-order valence-electron chi connectivity index (χ3n) is 2.46. The monoisotopic (exact) mass is 174 g/mol. The molecule has 0 atom stereocenters. The molecule has 0 N–H and O–H groups in total. The molecule has 68 valence electrons. The summed E-state index contributed by atoms with van der Waals surface area (Å²) in [7, 11) is -0.224. The largest absolute Gasteiger partial charge is 0.249 e. The lowest BCUT2D eigenvalue weighted by molar-refractivity contribution is 0.390. The molecule has 1 aliphatic carbocycles. The molecule has 0 unspecified atom stereocenters. The highest BCUT2D eigenvalue weighted by Crippen LogP contribution is 2.40. The number of hydrogen-bond donors (Lipinski definition) is 0. The summed E-state index contributed by atoms with van der Waals surface area (Å²) in [5.74, 6) is 2.60. The topological polar surface area (TPSA) is 0 Å². The van der Waals surface area contributed by atoms with Gasteiger partial charge < -0.3 is 0 Å². The van der Waals surface area contributed by atoms with Crippen molar-refractivity contribution in [2.24, 2.45) is 5.92 Å². The minimum atomic E-state index is -0.224. The summed E-state index contributed by atoms with van der Waals surface area (Å²) in [5.41, 5.74) is 0. The predicted octanol–water partition coefficient (Wildman–Crippen LogP) is 3.26. The molecule has 1 rings (SSSR count). The molecule has 0 bridgehead atoms. The van der Waals surface area contributed by atoms with Gasteiger partial charge in [-0.2, -0.15) is 0 Å². The normalized spacial score (nSPS) is 23.5. The summed E-state index contributed by atoms with van der Waals surface area (Å²) in [6.07, 6.45) is 14.9.